The second-order valence-corrected chi connectivity index (χ2v) is 2.99. The average molecular weight is 228 g/mol. The first-order valence-electron chi connectivity index (χ1n) is 3.21. The molecule has 62 valence electrons. The monoisotopic (exact) mass is 227 g/mol. The second kappa shape index (κ2) is 4.01. The number of hydrogen-bond donors (Lipinski definition) is 1. The number of aliphatic carboxylic acids is 1. The lowest BCUT2D eigenvalue weighted by Crippen LogP contribution is -1.86. The minimum atomic E-state index is -0.972. The van der Waals surface area contributed by atoms with Crippen molar-refractivity contribution in [2.24, 2.45) is 0 Å². The third kappa shape index (κ3) is 2.84. The number of carboxylic acids is 1. The summed E-state index contributed by atoms with van der Waals surface area (Å²) >= 11 is 3.22. The summed E-state index contributed by atoms with van der Waals surface area (Å²) in [6, 6.07) is 3.53. The van der Waals surface area contributed by atoms with E-state index in [4.69, 9.17) is 5.11 Å². The summed E-state index contributed by atoms with van der Waals surface area (Å²) in [5.41, 5.74) is 0.626. The molecule has 12 heavy (non-hydrogen) atoms. The molecule has 0 saturated carbocycles. The maximum Gasteiger partial charge on any atom is 0.328 e. The minimum absolute atomic E-state index is 0.626. The highest BCUT2D eigenvalue weighted by Gasteiger charge is 1.90. The fraction of sp³-hybridized carbons (Fsp3) is 0. The molecular formula is C8H6BrNO2. The van der Waals surface area contributed by atoms with Gasteiger partial charge >= 0.3 is 5.97 Å². The Bertz CT molecular complexity index is 305. The lowest BCUT2D eigenvalue weighted by Gasteiger charge is -1.90. The van der Waals surface area contributed by atoms with Crippen molar-refractivity contribution in [1.29, 1.82) is 0 Å². The fourth-order valence-corrected chi connectivity index (χ4v) is 0.877. The number of carboxylic acid groups (broad SMARTS) is 1. The Morgan fingerprint density at radius 1 is 1.58 bits per heavy atom. The molecule has 3 nitrogen and oxygen atoms in total. The van der Waals surface area contributed by atoms with Crippen LogP contribution < -0.4 is 0 Å². The zero-order chi connectivity index (χ0) is 8.97. The van der Waals surface area contributed by atoms with Crippen LogP contribution in [-0.2, 0) is 4.79 Å². The third-order valence-electron chi connectivity index (χ3n) is 1.15. The number of carbonyl (C=O) groups is 1. The number of hydrogen-bond acceptors (Lipinski definition) is 2. The zero-order valence-corrected chi connectivity index (χ0v) is 7.65. The van der Waals surface area contributed by atoms with Crippen LogP contribution in [0.4, 0.5) is 0 Å². The van der Waals surface area contributed by atoms with E-state index in [-0.39, 0.29) is 0 Å². The van der Waals surface area contributed by atoms with Crippen LogP contribution in [0.1, 0.15) is 5.69 Å². The molecule has 0 aliphatic carbocycles. The van der Waals surface area contributed by atoms with Crippen molar-refractivity contribution in [1.82, 2.24) is 4.98 Å². The maximum absolute atomic E-state index is 10.1. The summed E-state index contributed by atoms with van der Waals surface area (Å²) in [7, 11) is 0. The van der Waals surface area contributed by atoms with E-state index in [0.29, 0.717) is 5.69 Å². The van der Waals surface area contributed by atoms with E-state index in [1.54, 1.807) is 18.3 Å². The quantitative estimate of drug-likeness (QED) is 0.787. The van der Waals surface area contributed by atoms with Crippen molar-refractivity contribution >= 4 is 28.0 Å². The van der Waals surface area contributed by atoms with Gasteiger partial charge in [0.15, 0.2) is 0 Å². The molecular weight excluding hydrogens is 222 g/mol. The molecule has 1 aromatic heterocycles. The van der Waals surface area contributed by atoms with Crippen molar-refractivity contribution in [3.8, 4) is 0 Å². The minimum Gasteiger partial charge on any atom is -0.478 e. The SMILES string of the molecule is O=C(O)C=Cc1ccc(Br)cn1. The Morgan fingerprint density at radius 2 is 2.33 bits per heavy atom. The van der Waals surface area contributed by atoms with Gasteiger partial charge in [-0.1, -0.05) is 0 Å². The van der Waals surface area contributed by atoms with Crippen LogP contribution in [0.2, 0.25) is 0 Å². The van der Waals surface area contributed by atoms with Gasteiger partial charge in [-0.2, -0.15) is 0 Å². The van der Waals surface area contributed by atoms with E-state index in [9.17, 15) is 4.79 Å². The van der Waals surface area contributed by atoms with Crippen LogP contribution in [0.3, 0.4) is 0 Å². The predicted molar refractivity (Wildman–Crippen MR) is 48.6 cm³/mol. The van der Waals surface area contributed by atoms with E-state index < -0.39 is 5.97 Å². The first-order chi connectivity index (χ1) is 5.68. The molecule has 0 unspecified atom stereocenters. The van der Waals surface area contributed by atoms with Crippen LogP contribution in [-0.4, -0.2) is 16.1 Å². The lowest BCUT2D eigenvalue weighted by atomic mass is 10.3. The van der Waals surface area contributed by atoms with E-state index in [1.807, 2.05) is 0 Å². The van der Waals surface area contributed by atoms with Crippen LogP contribution in [0.25, 0.3) is 6.08 Å². The summed E-state index contributed by atoms with van der Waals surface area (Å²) in [5, 5.41) is 8.31. The first-order valence-corrected chi connectivity index (χ1v) is 4.00. The molecule has 0 spiro atoms. The van der Waals surface area contributed by atoms with Crippen LogP contribution in [0.15, 0.2) is 28.9 Å². The van der Waals surface area contributed by atoms with Crippen molar-refractivity contribution in [3.63, 3.8) is 0 Å². The Morgan fingerprint density at radius 3 is 2.83 bits per heavy atom. The van der Waals surface area contributed by atoms with Crippen LogP contribution in [0, 0.1) is 0 Å². The molecule has 0 atom stereocenters. The number of aromatic nitrogens is 1. The highest BCUT2D eigenvalue weighted by molar-refractivity contribution is 9.10. The fourth-order valence-electron chi connectivity index (χ4n) is 0.643. The Labute approximate surface area is 77.9 Å². The molecule has 4 heteroatoms. The predicted octanol–water partition coefficient (Wildman–Crippen LogP) is 1.94. The molecule has 0 aromatic carbocycles. The van der Waals surface area contributed by atoms with Gasteiger partial charge in [-0.3, -0.25) is 4.98 Å². The van der Waals surface area contributed by atoms with E-state index in [1.165, 1.54) is 6.08 Å². The summed E-state index contributed by atoms with van der Waals surface area (Å²) in [5.74, 6) is -0.972. The molecule has 0 bridgehead atoms. The molecule has 1 aromatic rings. The van der Waals surface area contributed by atoms with Gasteiger partial charge in [0.25, 0.3) is 0 Å². The number of rotatable bonds is 2. The molecule has 0 saturated heterocycles. The smallest absolute Gasteiger partial charge is 0.328 e. The summed E-state index contributed by atoms with van der Waals surface area (Å²) in [6.07, 6.45) is 4.10. The van der Waals surface area contributed by atoms with Crippen molar-refractivity contribution in [2.75, 3.05) is 0 Å². The molecule has 0 fully saturated rings. The zero-order valence-electron chi connectivity index (χ0n) is 6.07. The topological polar surface area (TPSA) is 50.2 Å². The van der Waals surface area contributed by atoms with Crippen molar-refractivity contribution in [2.45, 2.75) is 0 Å². The Balaban J connectivity index is 2.77. The lowest BCUT2D eigenvalue weighted by molar-refractivity contribution is -0.131. The summed E-state index contributed by atoms with van der Waals surface area (Å²) in [4.78, 5) is 14.1. The maximum atomic E-state index is 10.1. The summed E-state index contributed by atoms with van der Waals surface area (Å²) < 4.78 is 0.870. The van der Waals surface area contributed by atoms with Gasteiger partial charge in [-0.25, -0.2) is 4.79 Å². The van der Waals surface area contributed by atoms with Gasteiger partial charge in [-0.05, 0) is 34.1 Å². The highest BCUT2D eigenvalue weighted by atomic mass is 79.9. The van der Waals surface area contributed by atoms with Gasteiger partial charge in [0.05, 0.1) is 5.69 Å². The van der Waals surface area contributed by atoms with Crippen LogP contribution >= 0.6 is 15.9 Å². The van der Waals surface area contributed by atoms with E-state index in [2.05, 4.69) is 20.9 Å². The number of pyridine rings is 1. The van der Waals surface area contributed by atoms with Gasteiger partial charge < -0.3 is 5.11 Å². The summed E-state index contributed by atoms with van der Waals surface area (Å²) in [6.45, 7) is 0. The van der Waals surface area contributed by atoms with Crippen LogP contribution in [0.5, 0.6) is 0 Å². The average Bonchev–Trinajstić information content (AvgIpc) is 2.03. The Kier molecular flexibility index (Phi) is 2.99. The van der Waals surface area contributed by atoms with E-state index >= 15 is 0 Å². The van der Waals surface area contributed by atoms with Gasteiger partial charge in [0, 0.05) is 16.7 Å². The highest BCUT2D eigenvalue weighted by Crippen LogP contribution is 2.07. The molecule has 0 amide bonds. The molecule has 0 aliphatic heterocycles. The third-order valence-corrected chi connectivity index (χ3v) is 1.62. The molecule has 1 heterocycles. The molecule has 1 rings (SSSR count). The standard InChI is InChI=1S/C8H6BrNO2/c9-6-1-2-7(10-5-6)3-4-8(11)12/h1-5H,(H,11,12). The first kappa shape index (κ1) is 8.93. The largest absolute Gasteiger partial charge is 0.478 e. The Hall–Kier alpha value is -1.16. The molecule has 0 aliphatic rings. The second-order valence-electron chi connectivity index (χ2n) is 2.07. The van der Waals surface area contributed by atoms with Gasteiger partial charge in [0.1, 0.15) is 0 Å². The normalized spacial score (nSPS) is 10.4. The van der Waals surface area contributed by atoms with Gasteiger partial charge in [0.2, 0.25) is 0 Å². The number of nitrogens with zero attached hydrogens (tertiary/aromatic N) is 1. The van der Waals surface area contributed by atoms with Crippen molar-refractivity contribution < 1.29 is 9.90 Å². The van der Waals surface area contributed by atoms with Gasteiger partial charge in [-0.15, -0.1) is 0 Å². The molecule has 0 radical (unpaired) electrons. The number of halogens is 1. The van der Waals surface area contributed by atoms with E-state index in [0.717, 1.165) is 10.5 Å². The molecule has 1 N–H and O–H groups in total. The van der Waals surface area contributed by atoms with Crippen molar-refractivity contribution in [3.05, 3.63) is 34.6 Å².